The molecule has 4 saturated heterocycles. The molecule has 4 fully saturated rings. The molecule has 1 aromatic rings. The molecule has 10 heteroatoms. The van der Waals surface area contributed by atoms with Gasteiger partial charge in [-0.15, -0.1) is 0 Å². The predicted octanol–water partition coefficient (Wildman–Crippen LogP) is 7.07. The average molecular weight is 740 g/mol. The molecule has 53 heavy (non-hydrogen) atoms. The van der Waals surface area contributed by atoms with Gasteiger partial charge in [0.2, 0.25) is 11.9 Å². The van der Waals surface area contributed by atoms with E-state index in [4.69, 9.17) is 19.7 Å². The van der Waals surface area contributed by atoms with Crippen molar-refractivity contribution in [3.63, 3.8) is 0 Å². The van der Waals surface area contributed by atoms with Gasteiger partial charge in [-0.2, -0.15) is 15.0 Å². The Morgan fingerprint density at radius 2 is 1.21 bits per heavy atom. The van der Waals surface area contributed by atoms with Crippen LogP contribution in [-0.2, 0) is 11.2 Å². The third kappa shape index (κ3) is 10.8. The van der Waals surface area contributed by atoms with Gasteiger partial charge in [0.05, 0.1) is 13.2 Å². The van der Waals surface area contributed by atoms with Crippen molar-refractivity contribution < 1.29 is 4.74 Å². The van der Waals surface area contributed by atoms with Crippen LogP contribution in [0.3, 0.4) is 0 Å². The largest absolute Gasteiger partial charge is 0.378 e. The zero-order chi connectivity index (χ0) is 39.0. The summed E-state index contributed by atoms with van der Waals surface area (Å²) in [6.07, 6.45) is 12.5. The molecule has 5 heterocycles. The van der Waals surface area contributed by atoms with Crippen LogP contribution in [-0.4, -0.2) is 124 Å². The number of nitrogens with zero attached hydrogens (tertiary/aromatic N) is 7. The van der Waals surface area contributed by atoms with Crippen LogP contribution in [0, 0.1) is 5.92 Å². The summed E-state index contributed by atoms with van der Waals surface area (Å²) in [6, 6.07) is 0.946. The molecule has 0 amide bonds. The summed E-state index contributed by atoms with van der Waals surface area (Å²) >= 11 is 0. The van der Waals surface area contributed by atoms with Crippen molar-refractivity contribution in [2.24, 2.45) is 5.92 Å². The molecule has 2 N–H and O–H groups in total. The molecule has 0 radical (unpaired) electrons. The summed E-state index contributed by atoms with van der Waals surface area (Å²) in [4.78, 5) is 26.1. The summed E-state index contributed by atoms with van der Waals surface area (Å²) in [5.41, 5.74) is 0.755. The number of morpholine rings is 1. The molecule has 4 aliphatic heterocycles. The van der Waals surface area contributed by atoms with Gasteiger partial charge in [0.25, 0.3) is 0 Å². The minimum Gasteiger partial charge on any atom is -0.378 e. The second kappa shape index (κ2) is 16.1. The van der Waals surface area contributed by atoms with E-state index >= 15 is 0 Å². The number of hydrogen-bond donors (Lipinski definition) is 2. The monoisotopic (exact) mass is 740 g/mol. The van der Waals surface area contributed by atoms with Crippen molar-refractivity contribution in [2.45, 2.75) is 199 Å². The number of ether oxygens (including phenoxy) is 1. The third-order valence-corrected chi connectivity index (χ3v) is 13.7. The van der Waals surface area contributed by atoms with E-state index in [9.17, 15) is 0 Å². The zero-order valence-corrected chi connectivity index (χ0v) is 36.8. The Balaban J connectivity index is 1.33. The molecule has 0 unspecified atom stereocenters. The number of rotatable bonds is 13. The number of nitrogens with one attached hydrogen (secondary N) is 2. The second-order valence-electron chi connectivity index (χ2n) is 21.4. The van der Waals surface area contributed by atoms with Gasteiger partial charge in [0, 0.05) is 71.4 Å². The maximum absolute atomic E-state index is 5.76. The van der Waals surface area contributed by atoms with Gasteiger partial charge in [-0.05, 0) is 161 Å². The van der Waals surface area contributed by atoms with Crippen LogP contribution in [0.15, 0.2) is 0 Å². The van der Waals surface area contributed by atoms with E-state index < -0.39 is 0 Å². The lowest BCUT2D eigenvalue weighted by molar-refractivity contribution is -0.0180. The van der Waals surface area contributed by atoms with Crippen LogP contribution in [0.2, 0.25) is 0 Å². The van der Waals surface area contributed by atoms with Crippen LogP contribution in [0.1, 0.15) is 153 Å². The fourth-order valence-corrected chi connectivity index (χ4v) is 11.0. The lowest BCUT2D eigenvalue weighted by Crippen LogP contribution is -2.63. The lowest BCUT2D eigenvalue weighted by Gasteiger charge is -2.55. The highest BCUT2D eigenvalue weighted by Gasteiger charge is 2.46. The van der Waals surface area contributed by atoms with Crippen LogP contribution in [0.5, 0.6) is 0 Å². The van der Waals surface area contributed by atoms with Gasteiger partial charge in [0.1, 0.15) is 5.82 Å². The first-order valence-electron chi connectivity index (χ1n) is 21.3. The maximum atomic E-state index is 5.76. The smallest absolute Gasteiger partial charge is 0.230 e. The standard InChI is InChI=1S/C43H81N9O/c1-38(2)26-32(27-39(3,4)48-38)25-35-45-36(51-21-23-53-24-22-51)47-37(46-35)52(34-30-42(9,10)50(14)43(11,12)31-34)20-18-16-15-17-19-44-33-28-40(5,6)49(13)41(7,8)29-33/h32-34,44,48H,15-31H2,1-14H3. The van der Waals surface area contributed by atoms with E-state index in [0.717, 1.165) is 95.6 Å². The van der Waals surface area contributed by atoms with Gasteiger partial charge in [-0.25, -0.2) is 0 Å². The summed E-state index contributed by atoms with van der Waals surface area (Å²) in [6.45, 7) is 33.8. The number of likely N-dealkylation sites (tertiary alicyclic amines) is 2. The van der Waals surface area contributed by atoms with Gasteiger partial charge >= 0.3 is 0 Å². The number of aromatic nitrogens is 3. The zero-order valence-electron chi connectivity index (χ0n) is 36.8. The van der Waals surface area contributed by atoms with Crippen molar-refractivity contribution in [3.8, 4) is 0 Å². The minimum atomic E-state index is 0.0720. The average Bonchev–Trinajstić information content (AvgIpc) is 3.02. The highest BCUT2D eigenvalue weighted by Crippen LogP contribution is 2.41. The Kier molecular flexibility index (Phi) is 12.9. The first-order chi connectivity index (χ1) is 24.5. The number of hydrogen-bond acceptors (Lipinski definition) is 10. The normalized spacial score (nSPS) is 26.5. The predicted molar refractivity (Wildman–Crippen MR) is 222 cm³/mol. The number of anilines is 2. The Hall–Kier alpha value is -1.59. The van der Waals surface area contributed by atoms with Gasteiger partial charge in [-0.1, -0.05) is 12.8 Å². The van der Waals surface area contributed by atoms with Crippen molar-refractivity contribution in [2.75, 3.05) is 63.3 Å². The van der Waals surface area contributed by atoms with Crippen molar-refractivity contribution in [3.05, 3.63) is 5.82 Å². The Bertz CT molecular complexity index is 1300. The summed E-state index contributed by atoms with van der Waals surface area (Å²) in [5, 5.41) is 7.83. The molecule has 304 valence electrons. The molecule has 10 nitrogen and oxygen atoms in total. The van der Waals surface area contributed by atoms with Gasteiger partial charge < -0.3 is 25.2 Å². The summed E-state index contributed by atoms with van der Waals surface area (Å²) < 4.78 is 5.76. The first kappa shape index (κ1) is 42.6. The Labute approximate surface area is 325 Å². The molecule has 0 bridgehead atoms. The minimum absolute atomic E-state index is 0.0720. The lowest BCUT2D eigenvalue weighted by atomic mass is 9.74. The first-order valence-corrected chi connectivity index (χ1v) is 21.3. The molecular weight excluding hydrogens is 659 g/mol. The summed E-state index contributed by atoms with van der Waals surface area (Å²) in [7, 11) is 4.60. The topological polar surface area (TPSA) is 84.9 Å². The van der Waals surface area contributed by atoms with Crippen molar-refractivity contribution >= 4 is 11.9 Å². The molecule has 0 saturated carbocycles. The Morgan fingerprint density at radius 3 is 1.77 bits per heavy atom. The number of piperidine rings is 3. The van der Waals surface area contributed by atoms with Gasteiger partial charge in [0.15, 0.2) is 0 Å². The van der Waals surface area contributed by atoms with Crippen LogP contribution < -0.4 is 20.4 Å². The summed E-state index contributed by atoms with van der Waals surface area (Å²) in [5.74, 6) is 3.20. The van der Waals surface area contributed by atoms with Crippen molar-refractivity contribution in [1.29, 1.82) is 0 Å². The van der Waals surface area contributed by atoms with E-state index in [0.29, 0.717) is 18.0 Å². The molecular formula is C43H81N9O. The van der Waals surface area contributed by atoms with Crippen LogP contribution >= 0.6 is 0 Å². The van der Waals surface area contributed by atoms with Gasteiger partial charge in [-0.3, -0.25) is 9.80 Å². The third-order valence-electron chi connectivity index (χ3n) is 13.7. The van der Waals surface area contributed by atoms with E-state index in [2.05, 4.69) is 127 Å². The van der Waals surface area contributed by atoms with E-state index in [1.54, 1.807) is 0 Å². The second-order valence-corrected chi connectivity index (χ2v) is 21.4. The molecule has 1 aromatic heterocycles. The SMILES string of the molecule is CN1C(C)(C)CC(NCCCCCCN(c2nc(CC3CC(C)(C)NC(C)(C)C3)nc(N3CCOCC3)n2)C2CC(C)(C)N(C)C(C)(C)C2)CC1(C)C. The number of unbranched alkanes of at least 4 members (excludes halogenated alkanes) is 3. The highest BCUT2D eigenvalue weighted by molar-refractivity contribution is 5.41. The molecule has 0 aromatic carbocycles. The van der Waals surface area contributed by atoms with E-state index in [1.165, 1.54) is 32.1 Å². The molecule has 4 aliphatic rings. The fraction of sp³-hybridized carbons (Fsp3) is 0.930. The maximum Gasteiger partial charge on any atom is 0.230 e. The molecule has 0 aliphatic carbocycles. The molecule has 0 atom stereocenters. The quantitative estimate of drug-likeness (QED) is 0.205. The molecule has 0 spiro atoms. The van der Waals surface area contributed by atoms with E-state index in [-0.39, 0.29) is 33.2 Å². The van der Waals surface area contributed by atoms with E-state index in [1.807, 2.05) is 0 Å². The Morgan fingerprint density at radius 1 is 0.679 bits per heavy atom. The highest BCUT2D eigenvalue weighted by atomic mass is 16.5. The van der Waals surface area contributed by atoms with Crippen molar-refractivity contribution in [1.82, 2.24) is 35.4 Å². The fourth-order valence-electron chi connectivity index (χ4n) is 11.0. The van der Waals surface area contributed by atoms with Crippen LogP contribution in [0.25, 0.3) is 0 Å². The van der Waals surface area contributed by atoms with Crippen LogP contribution in [0.4, 0.5) is 11.9 Å². The molecule has 5 rings (SSSR count).